The first-order valence-corrected chi connectivity index (χ1v) is 5.70. The minimum absolute atomic E-state index is 0.0430. The molecule has 1 aliphatic rings. The van der Waals surface area contributed by atoms with Gasteiger partial charge in [0, 0.05) is 0 Å². The van der Waals surface area contributed by atoms with Crippen LogP contribution < -0.4 is 11.5 Å². The largest absolute Gasteiger partial charge is 0.368 e. The maximum absolute atomic E-state index is 11.2. The second-order valence-electron chi connectivity index (χ2n) is 5.21. The van der Waals surface area contributed by atoms with Crippen LogP contribution in [-0.2, 0) is 4.79 Å². The first-order chi connectivity index (χ1) is 6.96. The fourth-order valence-corrected chi connectivity index (χ4v) is 1.96. The second-order valence-corrected chi connectivity index (χ2v) is 5.21. The zero-order chi connectivity index (χ0) is 11.5. The molecular formula is C11H23N3O. The minimum Gasteiger partial charge on any atom is -0.368 e. The van der Waals surface area contributed by atoms with E-state index in [1.54, 1.807) is 0 Å². The molecule has 4 N–H and O–H groups in total. The zero-order valence-corrected chi connectivity index (χ0v) is 9.83. The molecule has 4 nitrogen and oxygen atoms in total. The van der Waals surface area contributed by atoms with Crippen molar-refractivity contribution in [1.82, 2.24) is 4.90 Å². The summed E-state index contributed by atoms with van der Waals surface area (Å²) in [6.07, 6.45) is 3.02. The average Bonchev–Trinajstić information content (AvgIpc) is 2.63. The van der Waals surface area contributed by atoms with Gasteiger partial charge in [-0.15, -0.1) is 0 Å². The Labute approximate surface area is 92.0 Å². The molecule has 1 aliphatic heterocycles. The van der Waals surface area contributed by atoms with Gasteiger partial charge in [-0.3, -0.25) is 9.69 Å². The maximum Gasteiger partial charge on any atom is 0.234 e. The molecule has 0 saturated carbocycles. The van der Waals surface area contributed by atoms with Crippen molar-refractivity contribution < 1.29 is 4.79 Å². The summed E-state index contributed by atoms with van der Waals surface area (Å²) < 4.78 is 0. The molecule has 1 rings (SSSR count). The van der Waals surface area contributed by atoms with Crippen molar-refractivity contribution in [1.29, 1.82) is 0 Å². The highest BCUT2D eigenvalue weighted by atomic mass is 16.1. The molecule has 0 aromatic carbocycles. The van der Waals surface area contributed by atoms with Crippen LogP contribution >= 0.6 is 0 Å². The second kappa shape index (κ2) is 4.94. The van der Waals surface area contributed by atoms with Crippen molar-refractivity contribution in [3.05, 3.63) is 0 Å². The van der Waals surface area contributed by atoms with Gasteiger partial charge < -0.3 is 11.5 Å². The molecule has 0 spiro atoms. The molecule has 1 heterocycles. The van der Waals surface area contributed by atoms with Gasteiger partial charge in [0.05, 0.1) is 6.04 Å². The Kier molecular flexibility index (Phi) is 4.11. The third-order valence-electron chi connectivity index (χ3n) is 3.32. The number of primary amides is 1. The number of carbonyl (C=O) groups is 1. The summed E-state index contributed by atoms with van der Waals surface area (Å²) in [5.74, 6) is -0.182. The maximum atomic E-state index is 11.2. The number of nitrogens with two attached hydrogens (primary N) is 2. The molecule has 1 fully saturated rings. The first-order valence-electron chi connectivity index (χ1n) is 5.70. The number of likely N-dealkylation sites (tertiary alicyclic amines) is 1. The Morgan fingerprint density at radius 2 is 2.20 bits per heavy atom. The van der Waals surface area contributed by atoms with E-state index in [0.717, 1.165) is 32.4 Å². The van der Waals surface area contributed by atoms with E-state index in [0.29, 0.717) is 6.54 Å². The highest BCUT2D eigenvalue weighted by Gasteiger charge is 2.29. The Bertz CT molecular complexity index is 228. The molecule has 1 amide bonds. The van der Waals surface area contributed by atoms with Gasteiger partial charge in [-0.2, -0.15) is 0 Å². The molecule has 1 atom stereocenters. The van der Waals surface area contributed by atoms with Crippen LogP contribution in [0.1, 0.15) is 33.1 Å². The van der Waals surface area contributed by atoms with E-state index < -0.39 is 0 Å². The van der Waals surface area contributed by atoms with Gasteiger partial charge in [-0.05, 0) is 44.3 Å². The predicted molar refractivity (Wildman–Crippen MR) is 61.2 cm³/mol. The third kappa shape index (κ3) is 3.47. The molecular weight excluding hydrogens is 190 g/mol. The fraction of sp³-hybridized carbons (Fsp3) is 0.909. The third-order valence-corrected chi connectivity index (χ3v) is 3.32. The molecule has 0 bridgehead atoms. The van der Waals surface area contributed by atoms with Crippen molar-refractivity contribution in [2.45, 2.75) is 39.2 Å². The van der Waals surface area contributed by atoms with Crippen LogP contribution in [-0.4, -0.2) is 36.5 Å². The molecule has 1 unspecified atom stereocenters. The smallest absolute Gasteiger partial charge is 0.234 e. The number of hydrogen-bond donors (Lipinski definition) is 2. The standard InChI is InChI=1S/C11H23N3O/c1-11(2,8-12)5-7-14-6-3-4-9(14)10(13)15/h9H,3-8,12H2,1-2H3,(H2,13,15). The molecule has 0 aromatic rings. The molecule has 0 aliphatic carbocycles. The monoisotopic (exact) mass is 213 g/mol. The van der Waals surface area contributed by atoms with Crippen molar-refractivity contribution in [3.63, 3.8) is 0 Å². The molecule has 15 heavy (non-hydrogen) atoms. The lowest BCUT2D eigenvalue weighted by molar-refractivity contribution is -0.122. The van der Waals surface area contributed by atoms with Crippen LogP contribution in [0.4, 0.5) is 0 Å². The van der Waals surface area contributed by atoms with Crippen molar-refractivity contribution in [3.8, 4) is 0 Å². The number of carbonyl (C=O) groups excluding carboxylic acids is 1. The Hall–Kier alpha value is -0.610. The van der Waals surface area contributed by atoms with E-state index in [1.165, 1.54) is 0 Å². The SMILES string of the molecule is CC(C)(CN)CCN1CCCC1C(N)=O. The van der Waals surface area contributed by atoms with E-state index in [1.807, 2.05) is 0 Å². The summed E-state index contributed by atoms with van der Waals surface area (Å²) in [7, 11) is 0. The zero-order valence-electron chi connectivity index (χ0n) is 9.83. The van der Waals surface area contributed by atoms with Crippen LogP contribution in [0.5, 0.6) is 0 Å². The van der Waals surface area contributed by atoms with Crippen LogP contribution in [0.25, 0.3) is 0 Å². The normalized spacial score (nSPS) is 23.3. The van der Waals surface area contributed by atoms with Crippen LogP contribution in [0.3, 0.4) is 0 Å². The Balaban J connectivity index is 2.41. The molecule has 1 saturated heterocycles. The van der Waals surface area contributed by atoms with Crippen molar-refractivity contribution in [2.24, 2.45) is 16.9 Å². The van der Waals surface area contributed by atoms with Gasteiger partial charge in [-0.25, -0.2) is 0 Å². The van der Waals surface area contributed by atoms with Crippen LogP contribution in [0.2, 0.25) is 0 Å². The highest BCUT2D eigenvalue weighted by Crippen LogP contribution is 2.23. The minimum atomic E-state index is -0.182. The van der Waals surface area contributed by atoms with E-state index in [9.17, 15) is 4.79 Å². The summed E-state index contributed by atoms with van der Waals surface area (Å²) in [4.78, 5) is 13.4. The van der Waals surface area contributed by atoms with E-state index in [-0.39, 0.29) is 17.4 Å². The van der Waals surface area contributed by atoms with Gasteiger partial charge in [-0.1, -0.05) is 13.8 Å². The molecule has 4 heteroatoms. The molecule has 88 valence electrons. The van der Waals surface area contributed by atoms with Gasteiger partial charge in [0.25, 0.3) is 0 Å². The number of hydrogen-bond acceptors (Lipinski definition) is 3. The van der Waals surface area contributed by atoms with Gasteiger partial charge in [0.2, 0.25) is 5.91 Å². The van der Waals surface area contributed by atoms with E-state index in [2.05, 4.69) is 18.7 Å². The predicted octanol–water partition coefficient (Wildman–Crippen LogP) is 0.311. The quantitative estimate of drug-likeness (QED) is 0.690. The summed E-state index contributed by atoms with van der Waals surface area (Å²) in [5, 5.41) is 0. The van der Waals surface area contributed by atoms with E-state index >= 15 is 0 Å². The first kappa shape index (κ1) is 12.5. The number of rotatable bonds is 5. The Morgan fingerprint density at radius 1 is 1.53 bits per heavy atom. The van der Waals surface area contributed by atoms with Crippen LogP contribution in [0.15, 0.2) is 0 Å². The summed E-state index contributed by atoms with van der Waals surface area (Å²) >= 11 is 0. The number of amides is 1. The topological polar surface area (TPSA) is 72.3 Å². The summed E-state index contributed by atoms with van der Waals surface area (Å²) in [6, 6.07) is -0.0430. The van der Waals surface area contributed by atoms with Gasteiger partial charge in [0.1, 0.15) is 0 Å². The van der Waals surface area contributed by atoms with E-state index in [4.69, 9.17) is 11.5 Å². The van der Waals surface area contributed by atoms with Gasteiger partial charge >= 0.3 is 0 Å². The lowest BCUT2D eigenvalue weighted by Gasteiger charge is -2.28. The van der Waals surface area contributed by atoms with Gasteiger partial charge in [0.15, 0.2) is 0 Å². The fourth-order valence-electron chi connectivity index (χ4n) is 1.96. The summed E-state index contributed by atoms with van der Waals surface area (Å²) in [5.41, 5.74) is 11.2. The van der Waals surface area contributed by atoms with Crippen LogP contribution in [0, 0.1) is 5.41 Å². The molecule has 0 aromatic heterocycles. The summed E-state index contributed by atoms with van der Waals surface area (Å²) in [6.45, 7) is 6.92. The molecule has 0 radical (unpaired) electrons. The Morgan fingerprint density at radius 3 is 2.73 bits per heavy atom. The van der Waals surface area contributed by atoms with Crippen molar-refractivity contribution in [2.75, 3.05) is 19.6 Å². The lowest BCUT2D eigenvalue weighted by Crippen LogP contribution is -2.42. The average molecular weight is 213 g/mol. The highest BCUT2D eigenvalue weighted by molar-refractivity contribution is 5.80. The number of nitrogens with zero attached hydrogens (tertiary/aromatic N) is 1. The lowest BCUT2D eigenvalue weighted by atomic mass is 9.89. The van der Waals surface area contributed by atoms with Crippen molar-refractivity contribution >= 4 is 5.91 Å².